The quantitative estimate of drug-likeness (QED) is 0.792. The molecule has 0 spiro atoms. The van der Waals surface area contributed by atoms with E-state index < -0.39 is 24.0 Å². The maximum absolute atomic E-state index is 12.5. The van der Waals surface area contributed by atoms with Gasteiger partial charge < -0.3 is 14.8 Å². The van der Waals surface area contributed by atoms with Gasteiger partial charge in [-0.3, -0.25) is 4.79 Å². The molecule has 6 nitrogen and oxygen atoms in total. The number of para-hydroxylation sites is 1. The molecule has 0 saturated heterocycles. The SMILES string of the molecule is CCOC(=O)C1C(C)=NC(=O)NC1c1ccccc1OCc1ccccc1. The standard InChI is InChI=1S/C21H22N2O4/c1-3-26-20(24)18-14(2)22-21(25)23-19(18)16-11-7-8-12-17(16)27-13-15-9-5-4-6-10-15/h4-12,18-19H,3,13H2,1-2H3,(H,23,25). The van der Waals surface area contributed by atoms with Crippen molar-refractivity contribution < 1.29 is 19.1 Å². The van der Waals surface area contributed by atoms with Gasteiger partial charge in [0, 0.05) is 11.3 Å². The Balaban J connectivity index is 1.90. The number of hydrogen-bond donors (Lipinski definition) is 1. The van der Waals surface area contributed by atoms with E-state index in [0.717, 1.165) is 5.56 Å². The van der Waals surface area contributed by atoms with Crippen molar-refractivity contribution in [2.24, 2.45) is 10.9 Å². The predicted molar refractivity (Wildman–Crippen MR) is 102 cm³/mol. The summed E-state index contributed by atoms with van der Waals surface area (Å²) in [4.78, 5) is 28.4. The van der Waals surface area contributed by atoms with Crippen molar-refractivity contribution in [2.45, 2.75) is 26.5 Å². The second-order valence-corrected chi connectivity index (χ2v) is 6.22. The monoisotopic (exact) mass is 366 g/mol. The van der Waals surface area contributed by atoms with E-state index in [4.69, 9.17) is 9.47 Å². The first-order valence-corrected chi connectivity index (χ1v) is 8.88. The molecule has 1 N–H and O–H groups in total. The predicted octanol–water partition coefficient (Wildman–Crippen LogP) is 3.67. The van der Waals surface area contributed by atoms with Crippen molar-refractivity contribution in [3.05, 3.63) is 65.7 Å². The summed E-state index contributed by atoms with van der Waals surface area (Å²) in [6, 6.07) is 16.1. The summed E-state index contributed by atoms with van der Waals surface area (Å²) in [5, 5.41) is 2.78. The van der Waals surface area contributed by atoms with Crippen LogP contribution in [-0.4, -0.2) is 24.3 Å². The van der Waals surface area contributed by atoms with Gasteiger partial charge in [-0.15, -0.1) is 0 Å². The van der Waals surface area contributed by atoms with E-state index in [1.54, 1.807) is 13.8 Å². The van der Waals surface area contributed by atoms with Gasteiger partial charge in [0.05, 0.1) is 12.6 Å². The zero-order chi connectivity index (χ0) is 19.2. The Bertz CT molecular complexity index is 848. The highest BCUT2D eigenvalue weighted by Gasteiger charge is 2.39. The van der Waals surface area contributed by atoms with Crippen LogP contribution < -0.4 is 10.1 Å². The molecule has 0 fully saturated rings. The molecule has 0 bridgehead atoms. The maximum atomic E-state index is 12.5. The van der Waals surface area contributed by atoms with Gasteiger partial charge in [0.15, 0.2) is 0 Å². The fourth-order valence-corrected chi connectivity index (χ4v) is 3.12. The largest absolute Gasteiger partial charge is 0.489 e. The molecule has 0 saturated carbocycles. The summed E-state index contributed by atoms with van der Waals surface area (Å²) in [6.07, 6.45) is 0. The van der Waals surface area contributed by atoms with Crippen LogP contribution >= 0.6 is 0 Å². The lowest BCUT2D eigenvalue weighted by Crippen LogP contribution is -2.44. The minimum absolute atomic E-state index is 0.259. The third-order valence-corrected chi connectivity index (χ3v) is 4.37. The summed E-state index contributed by atoms with van der Waals surface area (Å²) in [6.45, 7) is 4.06. The molecule has 6 heteroatoms. The first-order valence-electron chi connectivity index (χ1n) is 8.88. The summed E-state index contributed by atoms with van der Waals surface area (Å²) in [5.74, 6) is -0.499. The van der Waals surface area contributed by atoms with E-state index in [1.165, 1.54) is 0 Å². The number of aliphatic imine (C=N–C) groups is 1. The molecule has 0 aliphatic carbocycles. The highest BCUT2D eigenvalue weighted by Crippen LogP contribution is 2.34. The number of rotatable bonds is 6. The van der Waals surface area contributed by atoms with Gasteiger partial charge in [-0.2, -0.15) is 0 Å². The van der Waals surface area contributed by atoms with E-state index >= 15 is 0 Å². The van der Waals surface area contributed by atoms with Gasteiger partial charge in [-0.1, -0.05) is 48.5 Å². The molecule has 1 heterocycles. The summed E-state index contributed by atoms with van der Waals surface area (Å²) in [7, 11) is 0. The van der Waals surface area contributed by atoms with Crippen LogP contribution in [0.4, 0.5) is 4.79 Å². The topological polar surface area (TPSA) is 77.0 Å². The van der Waals surface area contributed by atoms with E-state index in [2.05, 4.69) is 10.3 Å². The summed E-state index contributed by atoms with van der Waals surface area (Å²) >= 11 is 0. The smallest absolute Gasteiger partial charge is 0.341 e. The lowest BCUT2D eigenvalue weighted by atomic mass is 9.88. The second kappa shape index (κ2) is 8.49. The Hall–Kier alpha value is -3.15. The molecular weight excluding hydrogens is 344 g/mol. The zero-order valence-corrected chi connectivity index (χ0v) is 15.3. The molecule has 2 aromatic carbocycles. The van der Waals surface area contributed by atoms with Gasteiger partial charge in [0.1, 0.15) is 18.3 Å². The van der Waals surface area contributed by atoms with Crippen molar-refractivity contribution in [3.8, 4) is 5.75 Å². The molecule has 2 unspecified atom stereocenters. The van der Waals surface area contributed by atoms with Gasteiger partial charge in [-0.05, 0) is 25.5 Å². The number of benzene rings is 2. The average molecular weight is 366 g/mol. The van der Waals surface area contributed by atoms with Crippen LogP contribution in [-0.2, 0) is 16.1 Å². The van der Waals surface area contributed by atoms with Gasteiger partial charge in [0.2, 0.25) is 0 Å². The van der Waals surface area contributed by atoms with E-state index in [-0.39, 0.29) is 6.61 Å². The molecular formula is C21H22N2O4. The number of nitrogens with one attached hydrogen (secondary N) is 1. The number of urea groups is 1. The fourth-order valence-electron chi connectivity index (χ4n) is 3.12. The number of ether oxygens (including phenoxy) is 2. The number of carbonyl (C=O) groups is 2. The first kappa shape index (κ1) is 18.6. The van der Waals surface area contributed by atoms with Crippen molar-refractivity contribution in [1.82, 2.24) is 5.32 Å². The molecule has 0 radical (unpaired) electrons. The van der Waals surface area contributed by atoms with E-state index in [9.17, 15) is 9.59 Å². The lowest BCUT2D eigenvalue weighted by Gasteiger charge is -2.30. The van der Waals surface area contributed by atoms with E-state index in [1.807, 2.05) is 54.6 Å². The summed E-state index contributed by atoms with van der Waals surface area (Å²) in [5.41, 5.74) is 2.17. The molecule has 2 aromatic rings. The van der Waals surface area contributed by atoms with Crippen LogP contribution in [0.5, 0.6) is 5.75 Å². The average Bonchev–Trinajstić information content (AvgIpc) is 2.67. The highest BCUT2D eigenvalue weighted by atomic mass is 16.5. The van der Waals surface area contributed by atoms with Crippen molar-refractivity contribution in [3.63, 3.8) is 0 Å². The van der Waals surface area contributed by atoms with Crippen LogP contribution in [0.1, 0.15) is 31.0 Å². The maximum Gasteiger partial charge on any atom is 0.341 e. The molecule has 3 rings (SSSR count). The lowest BCUT2D eigenvalue weighted by molar-refractivity contribution is -0.146. The summed E-state index contributed by atoms with van der Waals surface area (Å²) < 4.78 is 11.2. The van der Waals surface area contributed by atoms with Crippen molar-refractivity contribution >= 4 is 17.7 Å². The molecule has 2 atom stereocenters. The third-order valence-electron chi connectivity index (χ3n) is 4.37. The Morgan fingerprint density at radius 2 is 1.81 bits per heavy atom. The minimum atomic E-state index is -0.691. The number of carbonyl (C=O) groups excluding carboxylic acids is 2. The molecule has 140 valence electrons. The molecule has 27 heavy (non-hydrogen) atoms. The van der Waals surface area contributed by atoms with Crippen LogP contribution in [0.25, 0.3) is 0 Å². The Morgan fingerprint density at radius 3 is 2.56 bits per heavy atom. The zero-order valence-electron chi connectivity index (χ0n) is 15.3. The van der Waals surface area contributed by atoms with Crippen LogP contribution in [0.2, 0.25) is 0 Å². The Morgan fingerprint density at radius 1 is 1.11 bits per heavy atom. The normalized spacial score (nSPS) is 19.0. The fraction of sp³-hybridized carbons (Fsp3) is 0.286. The third kappa shape index (κ3) is 4.34. The van der Waals surface area contributed by atoms with Gasteiger partial charge in [-0.25, -0.2) is 9.79 Å². The van der Waals surface area contributed by atoms with E-state index in [0.29, 0.717) is 23.6 Å². The molecule has 1 aliphatic heterocycles. The van der Waals surface area contributed by atoms with Crippen LogP contribution in [0.15, 0.2) is 59.6 Å². The number of amides is 2. The number of esters is 1. The van der Waals surface area contributed by atoms with Gasteiger partial charge in [0.25, 0.3) is 0 Å². The van der Waals surface area contributed by atoms with Crippen LogP contribution in [0.3, 0.4) is 0 Å². The number of nitrogens with zero attached hydrogens (tertiary/aromatic N) is 1. The molecule has 0 aromatic heterocycles. The van der Waals surface area contributed by atoms with Crippen molar-refractivity contribution in [1.29, 1.82) is 0 Å². The Kier molecular flexibility index (Phi) is 5.86. The van der Waals surface area contributed by atoms with Gasteiger partial charge >= 0.3 is 12.0 Å². The van der Waals surface area contributed by atoms with Crippen molar-refractivity contribution in [2.75, 3.05) is 6.61 Å². The first-order chi connectivity index (χ1) is 13.1. The minimum Gasteiger partial charge on any atom is -0.489 e. The highest BCUT2D eigenvalue weighted by molar-refractivity contribution is 6.08. The second-order valence-electron chi connectivity index (χ2n) is 6.22. The number of hydrogen-bond acceptors (Lipinski definition) is 4. The molecule has 2 amide bonds. The molecule has 1 aliphatic rings. The Labute approximate surface area is 158 Å². The van der Waals surface area contributed by atoms with Crippen LogP contribution in [0, 0.1) is 5.92 Å².